The summed E-state index contributed by atoms with van der Waals surface area (Å²) in [6, 6.07) is 9.13. The minimum Gasteiger partial charge on any atom is -0.350 e. The molecule has 3 rings (SSSR count). The van der Waals surface area contributed by atoms with Gasteiger partial charge in [0.25, 0.3) is 5.91 Å². The van der Waals surface area contributed by atoms with Crippen molar-refractivity contribution in [3.63, 3.8) is 0 Å². The highest BCUT2D eigenvalue weighted by Crippen LogP contribution is 2.20. The Bertz CT molecular complexity index is 873. The lowest BCUT2D eigenvalue weighted by Gasteiger charge is -2.44. The average Bonchev–Trinajstić information content (AvgIpc) is 2.67. The molecule has 1 aromatic heterocycles. The van der Waals surface area contributed by atoms with Gasteiger partial charge in [0.2, 0.25) is 5.91 Å². The first-order valence-corrected chi connectivity index (χ1v) is 9.30. The van der Waals surface area contributed by atoms with Crippen LogP contribution in [0, 0.1) is 12.7 Å². The lowest BCUT2D eigenvalue weighted by Crippen LogP contribution is -2.62. The van der Waals surface area contributed by atoms with Gasteiger partial charge in [0.1, 0.15) is 0 Å². The molecule has 0 aliphatic carbocycles. The number of carbonyl (C=O) groups is 2. The first-order chi connectivity index (χ1) is 13.4. The van der Waals surface area contributed by atoms with Crippen LogP contribution in [0.15, 0.2) is 42.7 Å². The molecule has 2 atom stereocenters. The van der Waals surface area contributed by atoms with Crippen molar-refractivity contribution < 1.29 is 14.0 Å². The molecular formula is C21H25FN4O2. The molecule has 2 aromatic rings. The number of aromatic nitrogens is 1. The quantitative estimate of drug-likeness (QED) is 0.856. The van der Waals surface area contributed by atoms with Crippen LogP contribution in [0.4, 0.5) is 4.39 Å². The fraction of sp³-hybridized carbons (Fsp3) is 0.381. The molecule has 0 bridgehead atoms. The molecule has 28 heavy (non-hydrogen) atoms. The summed E-state index contributed by atoms with van der Waals surface area (Å²) in [5.74, 6) is -1.08. The van der Waals surface area contributed by atoms with Gasteiger partial charge in [-0.3, -0.25) is 19.5 Å². The van der Waals surface area contributed by atoms with E-state index in [2.05, 4.69) is 21.3 Å². The van der Waals surface area contributed by atoms with Gasteiger partial charge in [0.05, 0.1) is 17.8 Å². The monoisotopic (exact) mass is 384 g/mol. The summed E-state index contributed by atoms with van der Waals surface area (Å²) in [6.45, 7) is 5.32. The Labute approximate surface area is 164 Å². The lowest BCUT2D eigenvalue weighted by atomic mass is 10.0. The van der Waals surface area contributed by atoms with Gasteiger partial charge in [0, 0.05) is 38.9 Å². The zero-order valence-corrected chi connectivity index (χ0v) is 16.4. The van der Waals surface area contributed by atoms with Gasteiger partial charge in [0.15, 0.2) is 5.82 Å². The number of aryl methyl sites for hydroxylation is 1. The molecule has 1 aromatic carbocycles. The van der Waals surface area contributed by atoms with Gasteiger partial charge in [-0.1, -0.05) is 29.8 Å². The summed E-state index contributed by atoms with van der Waals surface area (Å²) in [7, 11) is 1.76. The van der Waals surface area contributed by atoms with Crippen molar-refractivity contribution in [3.8, 4) is 0 Å². The van der Waals surface area contributed by atoms with Crippen molar-refractivity contribution in [1.82, 2.24) is 20.1 Å². The topological polar surface area (TPSA) is 65.5 Å². The Morgan fingerprint density at radius 1 is 1.36 bits per heavy atom. The number of piperazine rings is 1. The van der Waals surface area contributed by atoms with Gasteiger partial charge < -0.3 is 10.2 Å². The molecule has 1 saturated heterocycles. The van der Waals surface area contributed by atoms with Crippen LogP contribution >= 0.6 is 0 Å². The van der Waals surface area contributed by atoms with E-state index in [9.17, 15) is 14.0 Å². The van der Waals surface area contributed by atoms with Gasteiger partial charge in [-0.15, -0.1) is 0 Å². The highest BCUT2D eigenvalue weighted by molar-refractivity contribution is 5.94. The summed E-state index contributed by atoms with van der Waals surface area (Å²) < 4.78 is 13.8. The van der Waals surface area contributed by atoms with E-state index in [0.717, 1.165) is 17.3 Å². The van der Waals surface area contributed by atoms with E-state index >= 15 is 0 Å². The largest absolute Gasteiger partial charge is 0.350 e. The van der Waals surface area contributed by atoms with E-state index in [1.54, 1.807) is 11.9 Å². The molecule has 0 radical (unpaired) electrons. The molecule has 0 saturated carbocycles. The van der Waals surface area contributed by atoms with Crippen LogP contribution in [0.2, 0.25) is 0 Å². The maximum Gasteiger partial charge on any atom is 0.254 e. The van der Waals surface area contributed by atoms with Gasteiger partial charge in [-0.25, -0.2) is 4.39 Å². The van der Waals surface area contributed by atoms with Crippen molar-refractivity contribution in [2.24, 2.45) is 0 Å². The number of halogens is 1. The van der Waals surface area contributed by atoms with Crippen LogP contribution in [0.5, 0.6) is 0 Å². The molecule has 1 aliphatic rings. The molecule has 7 heteroatoms. The molecular weight excluding hydrogens is 359 g/mol. The number of benzene rings is 1. The molecule has 1 fully saturated rings. The summed E-state index contributed by atoms with van der Waals surface area (Å²) in [6.07, 6.45) is 2.41. The van der Waals surface area contributed by atoms with E-state index in [1.165, 1.54) is 12.3 Å². The fourth-order valence-electron chi connectivity index (χ4n) is 3.62. The first kappa shape index (κ1) is 19.9. The maximum atomic E-state index is 13.8. The number of nitrogens with zero attached hydrogens (tertiary/aromatic N) is 3. The van der Waals surface area contributed by atoms with Crippen LogP contribution in [0.3, 0.4) is 0 Å². The standard InChI is InChI=1S/C21H25FN4O2/c1-14-5-4-6-16(9-14)12-26-15(2)21(28)25(3)13-17(26)10-24-20(27)18-7-8-23-11-19(18)22/h4-9,11,15,17H,10,12-13H2,1-3H3,(H,24,27)/t15-,17+/m0/s1. The smallest absolute Gasteiger partial charge is 0.254 e. The number of pyridine rings is 1. The fourth-order valence-corrected chi connectivity index (χ4v) is 3.62. The minimum atomic E-state index is -0.652. The third kappa shape index (κ3) is 4.36. The maximum absolute atomic E-state index is 13.8. The predicted molar refractivity (Wildman–Crippen MR) is 104 cm³/mol. The molecule has 0 spiro atoms. The van der Waals surface area contributed by atoms with Crippen LogP contribution in [-0.4, -0.2) is 58.8 Å². The van der Waals surface area contributed by atoms with Crippen LogP contribution in [0.25, 0.3) is 0 Å². The van der Waals surface area contributed by atoms with Crippen LogP contribution < -0.4 is 5.32 Å². The molecule has 2 amide bonds. The Balaban J connectivity index is 1.74. The minimum absolute atomic E-state index is 0.0338. The second-order valence-electron chi connectivity index (χ2n) is 7.28. The lowest BCUT2D eigenvalue weighted by molar-refractivity contribution is -0.142. The Kier molecular flexibility index (Phi) is 6.04. The van der Waals surface area contributed by atoms with E-state index < -0.39 is 11.7 Å². The normalized spacial score (nSPS) is 20.3. The van der Waals surface area contributed by atoms with Crippen molar-refractivity contribution in [2.75, 3.05) is 20.1 Å². The number of hydrogen-bond donors (Lipinski definition) is 1. The second-order valence-corrected chi connectivity index (χ2v) is 7.28. The van der Waals surface area contributed by atoms with E-state index in [0.29, 0.717) is 19.6 Å². The number of amides is 2. The highest BCUT2D eigenvalue weighted by atomic mass is 19.1. The van der Waals surface area contributed by atoms with Crippen molar-refractivity contribution >= 4 is 11.8 Å². The first-order valence-electron chi connectivity index (χ1n) is 9.30. The average molecular weight is 384 g/mol. The number of likely N-dealkylation sites (N-methyl/N-ethyl adjacent to an activating group) is 1. The van der Waals surface area contributed by atoms with Gasteiger partial charge in [-0.2, -0.15) is 0 Å². The van der Waals surface area contributed by atoms with Crippen LogP contribution in [0.1, 0.15) is 28.4 Å². The molecule has 0 unspecified atom stereocenters. The summed E-state index contributed by atoms with van der Waals surface area (Å²) in [4.78, 5) is 32.3. The van der Waals surface area contributed by atoms with Crippen molar-refractivity contribution in [1.29, 1.82) is 0 Å². The molecule has 1 N–H and O–H groups in total. The number of carbonyl (C=O) groups excluding carboxylic acids is 2. The van der Waals surface area contributed by atoms with E-state index in [-0.39, 0.29) is 23.6 Å². The third-order valence-electron chi connectivity index (χ3n) is 5.15. The second kappa shape index (κ2) is 8.48. The highest BCUT2D eigenvalue weighted by Gasteiger charge is 2.36. The summed E-state index contributed by atoms with van der Waals surface area (Å²) in [5, 5.41) is 2.81. The van der Waals surface area contributed by atoms with Crippen LogP contribution in [-0.2, 0) is 11.3 Å². The van der Waals surface area contributed by atoms with Gasteiger partial charge in [-0.05, 0) is 25.5 Å². The van der Waals surface area contributed by atoms with Crippen molar-refractivity contribution in [3.05, 3.63) is 65.2 Å². The molecule has 148 valence electrons. The number of hydrogen-bond acceptors (Lipinski definition) is 4. The molecule has 2 heterocycles. The number of nitrogens with one attached hydrogen (secondary N) is 1. The van der Waals surface area contributed by atoms with Crippen molar-refractivity contribution in [2.45, 2.75) is 32.5 Å². The summed E-state index contributed by atoms with van der Waals surface area (Å²) in [5.41, 5.74) is 2.23. The SMILES string of the molecule is Cc1cccc(CN2[C@H](CNC(=O)c3ccncc3F)CN(C)C(=O)[C@@H]2C)c1. The summed E-state index contributed by atoms with van der Waals surface area (Å²) >= 11 is 0. The Morgan fingerprint density at radius 2 is 2.14 bits per heavy atom. The van der Waals surface area contributed by atoms with E-state index in [1.807, 2.05) is 32.0 Å². The molecule has 6 nitrogen and oxygen atoms in total. The zero-order valence-electron chi connectivity index (χ0n) is 16.4. The molecule has 1 aliphatic heterocycles. The third-order valence-corrected chi connectivity index (χ3v) is 5.15. The van der Waals surface area contributed by atoms with E-state index in [4.69, 9.17) is 0 Å². The zero-order chi connectivity index (χ0) is 20.3. The number of rotatable bonds is 5. The predicted octanol–water partition coefficient (Wildman–Crippen LogP) is 1.99. The Morgan fingerprint density at radius 3 is 2.86 bits per heavy atom. The van der Waals surface area contributed by atoms with Gasteiger partial charge >= 0.3 is 0 Å². The Hall–Kier alpha value is -2.80.